The van der Waals surface area contributed by atoms with Crippen LogP contribution in [0, 0.1) is 0 Å². The zero-order valence-corrected chi connectivity index (χ0v) is 14.2. The molecular weight excluding hydrogens is 342 g/mol. The van der Waals surface area contributed by atoms with Crippen molar-refractivity contribution < 1.29 is 14.2 Å². The lowest BCUT2D eigenvalue weighted by molar-refractivity contribution is 0.0332. The predicted molar refractivity (Wildman–Crippen MR) is 90.5 cm³/mol. The number of allylic oxidation sites excluding steroid dienone is 2. The van der Waals surface area contributed by atoms with Crippen LogP contribution in [-0.2, 0) is 11.3 Å². The zero-order chi connectivity index (χ0) is 18.4. The lowest BCUT2D eigenvalue weighted by Gasteiger charge is -2.26. The molecule has 12 nitrogen and oxygen atoms in total. The van der Waals surface area contributed by atoms with E-state index >= 15 is 0 Å². The van der Waals surface area contributed by atoms with Crippen molar-refractivity contribution in [2.75, 3.05) is 32.0 Å². The molecule has 1 saturated heterocycles. The van der Waals surface area contributed by atoms with Crippen LogP contribution in [-0.4, -0.2) is 68.6 Å². The van der Waals surface area contributed by atoms with Gasteiger partial charge in [0.25, 0.3) is 5.91 Å². The van der Waals surface area contributed by atoms with Gasteiger partial charge in [-0.3, -0.25) is 9.69 Å². The number of amides is 1. The highest BCUT2D eigenvalue weighted by atomic mass is 16.6. The van der Waals surface area contributed by atoms with Gasteiger partial charge in [0.15, 0.2) is 5.69 Å². The molecule has 1 aliphatic heterocycles. The third-order valence-electron chi connectivity index (χ3n) is 3.67. The fourth-order valence-corrected chi connectivity index (χ4v) is 2.38. The van der Waals surface area contributed by atoms with Crippen LogP contribution in [0.15, 0.2) is 21.9 Å². The third-order valence-corrected chi connectivity index (χ3v) is 3.67. The van der Waals surface area contributed by atoms with Gasteiger partial charge in [-0.25, -0.2) is 10.1 Å². The van der Waals surface area contributed by atoms with Crippen LogP contribution < -0.4 is 11.2 Å². The number of carbonyl (C=O) groups excluding carboxylic acids is 1. The Balaban J connectivity index is 1.89. The van der Waals surface area contributed by atoms with E-state index in [0.29, 0.717) is 25.5 Å². The third kappa shape index (κ3) is 3.92. The monoisotopic (exact) mass is 361 g/mol. The SMILES string of the molecule is C/C=C/C=N\NC(=O)c1nnn(-c2nonc2N)c1CN1CCOCC1. The van der Waals surface area contributed by atoms with E-state index in [1.165, 1.54) is 10.9 Å². The minimum Gasteiger partial charge on any atom is -0.379 e. The smallest absolute Gasteiger partial charge is 0.293 e. The fourth-order valence-electron chi connectivity index (χ4n) is 2.38. The van der Waals surface area contributed by atoms with Gasteiger partial charge in [0, 0.05) is 25.8 Å². The molecule has 0 radical (unpaired) electrons. The summed E-state index contributed by atoms with van der Waals surface area (Å²) in [6, 6.07) is 0. The number of aromatic nitrogens is 5. The van der Waals surface area contributed by atoms with E-state index in [4.69, 9.17) is 10.5 Å². The molecule has 2 aromatic heterocycles. The van der Waals surface area contributed by atoms with Crippen molar-refractivity contribution in [2.45, 2.75) is 13.5 Å². The first-order valence-electron chi connectivity index (χ1n) is 7.98. The van der Waals surface area contributed by atoms with Gasteiger partial charge >= 0.3 is 0 Å². The summed E-state index contributed by atoms with van der Waals surface area (Å²) in [5.41, 5.74) is 8.80. The van der Waals surface area contributed by atoms with Crippen LogP contribution in [0.3, 0.4) is 0 Å². The summed E-state index contributed by atoms with van der Waals surface area (Å²) in [5, 5.41) is 19.1. The van der Waals surface area contributed by atoms with Gasteiger partial charge < -0.3 is 10.5 Å². The van der Waals surface area contributed by atoms with E-state index < -0.39 is 5.91 Å². The van der Waals surface area contributed by atoms with Gasteiger partial charge in [-0.15, -0.1) is 5.10 Å². The molecule has 0 unspecified atom stereocenters. The quantitative estimate of drug-likeness (QED) is 0.505. The summed E-state index contributed by atoms with van der Waals surface area (Å²) in [6.45, 7) is 4.92. The van der Waals surface area contributed by atoms with E-state index in [9.17, 15) is 4.79 Å². The Morgan fingerprint density at radius 1 is 1.38 bits per heavy atom. The Bertz CT molecular complexity index is 804. The average molecular weight is 361 g/mol. The van der Waals surface area contributed by atoms with Crippen LogP contribution in [0.4, 0.5) is 5.82 Å². The zero-order valence-electron chi connectivity index (χ0n) is 14.2. The summed E-state index contributed by atoms with van der Waals surface area (Å²) >= 11 is 0. The Kier molecular flexibility index (Phi) is 5.66. The van der Waals surface area contributed by atoms with E-state index in [0.717, 1.165) is 13.1 Å². The van der Waals surface area contributed by atoms with Gasteiger partial charge in [0.05, 0.1) is 18.9 Å². The summed E-state index contributed by atoms with van der Waals surface area (Å²) < 4.78 is 11.3. The maximum Gasteiger partial charge on any atom is 0.293 e. The number of anilines is 1. The second kappa shape index (κ2) is 8.31. The number of nitrogens with two attached hydrogens (primary N) is 1. The average Bonchev–Trinajstić information content (AvgIpc) is 3.25. The lowest BCUT2D eigenvalue weighted by atomic mass is 10.2. The number of nitrogens with one attached hydrogen (secondary N) is 1. The molecule has 1 amide bonds. The summed E-state index contributed by atoms with van der Waals surface area (Å²) in [6.07, 6.45) is 4.94. The normalized spacial score (nSPS) is 15.9. The van der Waals surface area contributed by atoms with Crippen molar-refractivity contribution in [1.29, 1.82) is 0 Å². The number of nitrogen functional groups attached to an aromatic ring is 1. The molecule has 0 saturated carbocycles. The predicted octanol–water partition coefficient (Wildman–Crippen LogP) is -0.644. The highest BCUT2D eigenvalue weighted by molar-refractivity contribution is 5.93. The van der Waals surface area contributed by atoms with Crippen molar-refractivity contribution in [1.82, 2.24) is 35.6 Å². The first-order chi connectivity index (χ1) is 12.7. The van der Waals surface area contributed by atoms with Crippen molar-refractivity contribution >= 4 is 17.9 Å². The van der Waals surface area contributed by atoms with E-state index in [2.05, 4.69) is 40.7 Å². The Morgan fingerprint density at radius 2 is 2.19 bits per heavy atom. The topological polar surface area (TPSA) is 150 Å². The van der Waals surface area contributed by atoms with Crippen molar-refractivity contribution in [2.24, 2.45) is 5.10 Å². The van der Waals surface area contributed by atoms with Crippen molar-refractivity contribution in [3.05, 3.63) is 23.5 Å². The number of hydrogen-bond acceptors (Lipinski definition) is 10. The highest BCUT2D eigenvalue weighted by Gasteiger charge is 2.26. The van der Waals surface area contributed by atoms with Gasteiger partial charge in [0.2, 0.25) is 11.6 Å². The molecule has 1 fully saturated rings. The fraction of sp³-hybridized carbons (Fsp3) is 0.429. The van der Waals surface area contributed by atoms with Gasteiger partial charge in [0.1, 0.15) is 0 Å². The van der Waals surface area contributed by atoms with E-state index in [1.54, 1.807) is 12.2 Å². The minimum absolute atomic E-state index is 0.0520. The summed E-state index contributed by atoms with van der Waals surface area (Å²) in [4.78, 5) is 14.6. The standard InChI is InChI=1S/C14H19N9O3/c1-2-3-4-16-18-14(24)11-10(9-22-5-7-25-8-6-22)23(21-17-11)13-12(15)19-26-20-13/h2-4H,5-9H2,1H3,(H2,15,19)(H,18,24)/b3-2+,16-4-. The number of hydrogen-bond donors (Lipinski definition) is 2. The molecule has 0 bridgehead atoms. The Labute approximate surface area is 148 Å². The van der Waals surface area contributed by atoms with Crippen molar-refractivity contribution in [3.8, 4) is 5.82 Å². The van der Waals surface area contributed by atoms with E-state index in [-0.39, 0.29) is 17.3 Å². The molecule has 12 heteroatoms. The molecule has 0 spiro atoms. The lowest BCUT2D eigenvalue weighted by Crippen LogP contribution is -2.37. The Morgan fingerprint density at radius 3 is 2.88 bits per heavy atom. The number of hydrazone groups is 1. The molecule has 3 rings (SSSR count). The molecule has 3 N–H and O–H groups in total. The molecule has 0 aliphatic carbocycles. The van der Waals surface area contributed by atoms with Gasteiger partial charge in [-0.05, 0) is 23.3 Å². The molecular formula is C14H19N9O3. The molecule has 3 heterocycles. The first kappa shape index (κ1) is 17.7. The Hall–Kier alpha value is -3.12. The molecule has 26 heavy (non-hydrogen) atoms. The second-order valence-corrected chi connectivity index (χ2v) is 5.40. The van der Waals surface area contributed by atoms with Crippen molar-refractivity contribution in [3.63, 3.8) is 0 Å². The maximum atomic E-state index is 12.4. The van der Waals surface area contributed by atoms with Crippen LogP contribution in [0.1, 0.15) is 23.1 Å². The van der Waals surface area contributed by atoms with Crippen LogP contribution in [0.2, 0.25) is 0 Å². The maximum absolute atomic E-state index is 12.4. The number of nitrogens with zero attached hydrogens (tertiary/aromatic N) is 7. The minimum atomic E-state index is -0.490. The van der Waals surface area contributed by atoms with Crippen LogP contribution in [0.5, 0.6) is 0 Å². The number of rotatable bonds is 6. The molecule has 138 valence electrons. The van der Waals surface area contributed by atoms with Crippen LogP contribution in [0.25, 0.3) is 5.82 Å². The van der Waals surface area contributed by atoms with Crippen LogP contribution >= 0.6 is 0 Å². The largest absolute Gasteiger partial charge is 0.379 e. The van der Waals surface area contributed by atoms with Gasteiger partial charge in [-0.2, -0.15) is 9.78 Å². The number of carbonyl (C=O) groups is 1. The summed E-state index contributed by atoms with van der Waals surface area (Å²) in [5.74, 6) is -0.260. The highest BCUT2D eigenvalue weighted by Crippen LogP contribution is 2.18. The molecule has 0 atom stereocenters. The van der Waals surface area contributed by atoms with Gasteiger partial charge in [-0.1, -0.05) is 11.3 Å². The first-order valence-corrected chi connectivity index (χ1v) is 7.98. The van der Waals surface area contributed by atoms with E-state index in [1.807, 2.05) is 6.92 Å². The summed E-state index contributed by atoms with van der Waals surface area (Å²) in [7, 11) is 0. The molecule has 1 aliphatic rings. The number of morpholine rings is 1. The second-order valence-electron chi connectivity index (χ2n) is 5.40. The molecule has 2 aromatic rings. The number of ether oxygens (including phenoxy) is 1. The molecule has 0 aromatic carbocycles.